The first kappa shape index (κ1) is 19.9. The average molecular weight is 427 g/mol. The summed E-state index contributed by atoms with van der Waals surface area (Å²) in [5.41, 5.74) is 1.97. The van der Waals surface area contributed by atoms with Crippen molar-refractivity contribution < 1.29 is 13.2 Å². The molecule has 1 aromatic carbocycles. The Bertz CT molecular complexity index is 1310. The Morgan fingerprint density at radius 3 is 2.60 bits per heavy atom. The maximum Gasteiger partial charge on any atom is 0.263 e. The number of methoxy groups -OCH3 is 1. The van der Waals surface area contributed by atoms with Crippen LogP contribution >= 0.6 is 0 Å². The molecule has 10 heteroatoms. The number of aromatic nitrogens is 5. The molecular weight excluding hydrogens is 404 g/mol. The smallest absolute Gasteiger partial charge is 0.263 e. The summed E-state index contributed by atoms with van der Waals surface area (Å²) in [6, 6.07) is 6.60. The van der Waals surface area contributed by atoms with E-state index in [2.05, 4.69) is 33.8 Å². The highest BCUT2D eigenvalue weighted by molar-refractivity contribution is 7.92. The zero-order valence-electron chi connectivity index (χ0n) is 17.1. The minimum Gasteiger partial charge on any atom is -0.494 e. The highest BCUT2D eigenvalue weighted by Crippen LogP contribution is 2.37. The molecule has 0 aliphatic rings. The van der Waals surface area contributed by atoms with Crippen molar-refractivity contribution >= 4 is 26.6 Å². The summed E-state index contributed by atoms with van der Waals surface area (Å²) in [5.74, 6) is 1.31. The van der Waals surface area contributed by atoms with Crippen molar-refractivity contribution in [1.29, 1.82) is 0 Å². The Morgan fingerprint density at radius 1 is 1.17 bits per heavy atom. The second kappa shape index (κ2) is 7.45. The number of aryl methyl sites for hydroxylation is 1. The van der Waals surface area contributed by atoms with Gasteiger partial charge in [-0.3, -0.25) is 14.4 Å². The highest BCUT2D eigenvalue weighted by atomic mass is 32.2. The first-order valence-electron chi connectivity index (χ1n) is 9.33. The topological polar surface area (TPSA) is 104 Å². The van der Waals surface area contributed by atoms with Crippen LogP contribution in [0.3, 0.4) is 0 Å². The van der Waals surface area contributed by atoms with Gasteiger partial charge in [0, 0.05) is 31.0 Å². The van der Waals surface area contributed by atoms with E-state index in [1.807, 2.05) is 12.3 Å². The van der Waals surface area contributed by atoms with Crippen LogP contribution in [0.1, 0.15) is 25.3 Å². The molecule has 0 fully saturated rings. The molecule has 156 valence electrons. The van der Waals surface area contributed by atoms with Gasteiger partial charge >= 0.3 is 0 Å². The summed E-state index contributed by atoms with van der Waals surface area (Å²) in [5, 5.41) is 9.75. The molecule has 0 radical (unpaired) electrons. The molecule has 9 nitrogen and oxygen atoms in total. The Hall–Kier alpha value is -3.40. The lowest BCUT2D eigenvalue weighted by atomic mass is 10.1. The molecule has 0 spiro atoms. The van der Waals surface area contributed by atoms with E-state index in [-0.39, 0.29) is 4.90 Å². The Labute approximate surface area is 174 Å². The SMILES string of the molecule is COc1ccc2c(-n3cc(C(C)C)cn3)nn(C)c2c1NS(=O)(=O)c1cccnc1. The zero-order valence-corrected chi connectivity index (χ0v) is 17.9. The lowest BCUT2D eigenvalue weighted by Crippen LogP contribution is -2.14. The monoisotopic (exact) mass is 426 g/mol. The largest absolute Gasteiger partial charge is 0.494 e. The number of sulfonamides is 1. The summed E-state index contributed by atoms with van der Waals surface area (Å²) in [4.78, 5) is 3.95. The fourth-order valence-corrected chi connectivity index (χ4v) is 4.26. The van der Waals surface area contributed by atoms with Crippen LogP contribution in [0.25, 0.3) is 16.7 Å². The molecule has 0 aliphatic carbocycles. The molecule has 30 heavy (non-hydrogen) atoms. The molecular formula is C20H22N6O3S. The van der Waals surface area contributed by atoms with Gasteiger partial charge in [-0.05, 0) is 35.7 Å². The highest BCUT2D eigenvalue weighted by Gasteiger charge is 2.23. The molecule has 0 saturated carbocycles. The van der Waals surface area contributed by atoms with Crippen LogP contribution in [0.5, 0.6) is 5.75 Å². The number of nitrogens with zero attached hydrogens (tertiary/aromatic N) is 5. The Morgan fingerprint density at radius 2 is 1.97 bits per heavy atom. The third-order valence-electron chi connectivity index (χ3n) is 4.84. The van der Waals surface area contributed by atoms with Crippen LogP contribution in [-0.2, 0) is 17.1 Å². The Balaban J connectivity index is 1.88. The number of anilines is 1. The van der Waals surface area contributed by atoms with Crippen molar-refractivity contribution in [3.63, 3.8) is 0 Å². The van der Waals surface area contributed by atoms with Gasteiger partial charge in [0.1, 0.15) is 16.3 Å². The van der Waals surface area contributed by atoms with Crippen LogP contribution in [0.4, 0.5) is 5.69 Å². The van der Waals surface area contributed by atoms with E-state index in [0.717, 1.165) is 10.9 Å². The minimum absolute atomic E-state index is 0.0556. The fourth-order valence-electron chi connectivity index (χ4n) is 3.22. The number of pyridine rings is 1. The third-order valence-corrected chi connectivity index (χ3v) is 6.17. The van der Waals surface area contributed by atoms with Gasteiger partial charge in [-0.25, -0.2) is 13.1 Å². The number of benzene rings is 1. The number of hydrogen-bond donors (Lipinski definition) is 1. The van der Waals surface area contributed by atoms with Crippen molar-refractivity contribution in [2.45, 2.75) is 24.7 Å². The lowest BCUT2D eigenvalue weighted by molar-refractivity contribution is 0.417. The predicted molar refractivity (Wildman–Crippen MR) is 114 cm³/mol. The maximum absolute atomic E-state index is 12.9. The van der Waals surface area contributed by atoms with Crippen molar-refractivity contribution in [2.75, 3.05) is 11.8 Å². The van der Waals surface area contributed by atoms with Gasteiger partial charge in [0.25, 0.3) is 10.0 Å². The van der Waals surface area contributed by atoms with Crippen LogP contribution in [0.2, 0.25) is 0 Å². The van der Waals surface area contributed by atoms with Gasteiger partial charge < -0.3 is 4.74 Å². The zero-order chi connectivity index (χ0) is 21.5. The quantitative estimate of drug-likeness (QED) is 0.508. The van der Waals surface area contributed by atoms with Crippen LogP contribution in [0, 0.1) is 0 Å². The number of fused-ring (bicyclic) bond motifs is 1. The molecule has 0 amide bonds. The summed E-state index contributed by atoms with van der Waals surface area (Å²) < 4.78 is 37.2. The van der Waals surface area contributed by atoms with Crippen molar-refractivity contribution in [3.8, 4) is 11.6 Å². The summed E-state index contributed by atoms with van der Waals surface area (Å²) >= 11 is 0. The molecule has 3 heterocycles. The van der Waals surface area contributed by atoms with Gasteiger partial charge in [0.05, 0.1) is 18.8 Å². The van der Waals surface area contributed by atoms with E-state index in [1.54, 1.807) is 34.7 Å². The molecule has 0 atom stereocenters. The summed E-state index contributed by atoms with van der Waals surface area (Å²) in [6.45, 7) is 4.18. The van der Waals surface area contributed by atoms with E-state index >= 15 is 0 Å². The molecule has 0 bridgehead atoms. The van der Waals surface area contributed by atoms with Crippen molar-refractivity contribution in [2.24, 2.45) is 7.05 Å². The van der Waals surface area contributed by atoms with E-state index in [9.17, 15) is 8.42 Å². The van der Waals surface area contributed by atoms with Gasteiger partial charge in [0.15, 0.2) is 5.82 Å². The molecule has 4 rings (SSSR count). The lowest BCUT2D eigenvalue weighted by Gasteiger charge is -2.13. The van der Waals surface area contributed by atoms with Crippen LogP contribution < -0.4 is 9.46 Å². The second-order valence-electron chi connectivity index (χ2n) is 7.15. The van der Waals surface area contributed by atoms with E-state index in [4.69, 9.17) is 4.74 Å². The fraction of sp³-hybridized carbons (Fsp3) is 0.250. The first-order valence-corrected chi connectivity index (χ1v) is 10.8. The molecule has 1 N–H and O–H groups in total. The van der Waals surface area contributed by atoms with Gasteiger partial charge in [-0.15, -0.1) is 0 Å². The third kappa shape index (κ3) is 3.39. The Kier molecular flexibility index (Phi) is 4.94. The number of ether oxygens (including phenoxy) is 1. The molecule has 4 aromatic rings. The van der Waals surface area contributed by atoms with Crippen molar-refractivity contribution in [3.05, 3.63) is 54.6 Å². The molecule has 3 aromatic heterocycles. The standard InChI is InChI=1S/C20H22N6O3S/c1-13(2)14-10-22-26(12-14)20-16-7-8-17(29-4)18(19(16)25(3)23-20)24-30(27,28)15-6-5-9-21-11-15/h5-13,24H,1-4H3. The number of hydrogen-bond acceptors (Lipinski definition) is 6. The number of rotatable bonds is 6. The first-order chi connectivity index (χ1) is 14.3. The maximum atomic E-state index is 12.9. The normalized spacial score (nSPS) is 11.9. The van der Waals surface area contributed by atoms with Gasteiger partial charge in [-0.2, -0.15) is 10.2 Å². The molecule has 0 unspecified atom stereocenters. The van der Waals surface area contributed by atoms with E-state index in [0.29, 0.717) is 28.7 Å². The van der Waals surface area contributed by atoms with E-state index in [1.165, 1.54) is 25.6 Å². The van der Waals surface area contributed by atoms with E-state index < -0.39 is 10.0 Å². The van der Waals surface area contributed by atoms with Crippen LogP contribution in [0.15, 0.2) is 53.9 Å². The van der Waals surface area contributed by atoms with Gasteiger partial charge in [-0.1, -0.05) is 13.8 Å². The number of nitrogens with one attached hydrogen (secondary N) is 1. The molecule has 0 aliphatic heterocycles. The predicted octanol–water partition coefficient (Wildman–Crippen LogP) is 3.09. The average Bonchev–Trinajstić information content (AvgIpc) is 3.34. The van der Waals surface area contributed by atoms with Crippen LogP contribution in [-0.4, -0.2) is 40.1 Å². The summed E-state index contributed by atoms with van der Waals surface area (Å²) in [7, 11) is -0.634. The van der Waals surface area contributed by atoms with Crippen molar-refractivity contribution in [1.82, 2.24) is 24.5 Å². The molecule has 0 saturated heterocycles. The minimum atomic E-state index is -3.87. The second-order valence-corrected chi connectivity index (χ2v) is 8.84. The summed E-state index contributed by atoms with van der Waals surface area (Å²) in [6.07, 6.45) is 6.54. The van der Waals surface area contributed by atoms with Gasteiger partial charge in [0.2, 0.25) is 0 Å².